The van der Waals surface area contributed by atoms with Crippen LogP contribution < -0.4 is 0 Å². The number of carbonyl (C=O) groups is 1. The lowest BCUT2D eigenvalue weighted by molar-refractivity contribution is 0.0569. The Morgan fingerprint density at radius 3 is 2.31 bits per heavy atom. The molecule has 0 radical (unpaired) electrons. The predicted octanol–water partition coefficient (Wildman–Crippen LogP) is 3.15. The highest BCUT2D eigenvalue weighted by atomic mass is 32.2. The molecule has 8 nitrogen and oxygen atoms in total. The first-order valence-electron chi connectivity index (χ1n) is 10.8. The summed E-state index contributed by atoms with van der Waals surface area (Å²) in [6.07, 6.45) is 2.84. The van der Waals surface area contributed by atoms with Crippen LogP contribution in [0.5, 0.6) is 0 Å². The molecular formula is C23H24N4O4S. The number of nitrogens with zero attached hydrogens (tertiary/aromatic N) is 4. The van der Waals surface area contributed by atoms with Gasteiger partial charge in [0.05, 0.1) is 10.8 Å². The maximum atomic E-state index is 12.8. The van der Waals surface area contributed by atoms with Gasteiger partial charge in [-0.25, -0.2) is 8.42 Å². The highest BCUT2D eigenvalue weighted by Crippen LogP contribution is 2.29. The van der Waals surface area contributed by atoms with Crippen molar-refractivity contribution in [2.45, 2.75) is 30.1 Å². The van der Waals surface area contributed by atoms with Crippen LogP contribution in [0.1, 0.15) is 41.4 Å². The minimum absolute atomic E-state index is 0.00247. The molecule has 1 amide bonds. The molecule has 166 valence electrons. The Labute approximate surface area is 186 Å². The Kier molecular flexibility index (Phi) is 5.52. The van der Waals surface area contributed by atoms with E-state index in [1.165, 1.54) is 16.4 Å². The molecule has 3 aromatic rings. The summed E-state index contributed by atoms with van der Waals surface area (Å²) in [6.45, 7) is 2.09. The van der Waals surface area contributed by atoms with Crippen molar-refractivity contribution in [3.05, 3.63) is 66.1 Å². The number of sulfonamides is 1. The van der Waals surface area contributed by atoms with Crippen LogP contribution >= 0.6 is 0 Å². The number of hydrogen-bond acceptors (Lipinski definition) is 6. The predicted molar refractivity (Wildman–Crippen MR) is 117 cm³/mol. The van der Waals surface area contributed by atoms with Crippen LogP contribution in [0.3, 0.4) is 0 Å². The van der Waals surface area contributed by atoms with Gasteiger partial charge in [-0.3, -0.25) is 4.79 Å². The minimum Gasteiger partial charge on any atom is -0.339 e. The van der Waals surface area contributed by atoms with Crippen molar-refractivity contribution >= 4 is 15.9 Å². The molecule has 0 spiro atoms. The molecule has 3 heterocycles. The van der Waals surface area contributed by atoms with Gasteiger partial charge in [0.2, 0.25) is 21.7 Å². The van der Waals surface area contributed by atoms with E-state index in [0.29, 0.717) is 43.5 Å². The summed E-state index contributed by atoms with van der Waals surface area (Å²) in [4.78, 5) is 19.2. The van der Waals surface area contributed by atoms with E-state index < -0.39 is 10.0 Å². The molecule has 0 atom stereocenters. The first-order valence-corrected chi connectivity index (χ1v) is 12.2. The lowest BCUT2D eigenvalue weighted by atomic mass is 9.98. The molecule has 2 aromatic carbocycles. The zero-order valence-electron chi connectivity index (χ0n) is 17.6. The average Bonchev–Trinajstić information content (AvgIpc) is 3.29. The molecule has 0 aliphatic carbocycles. The van der Waals surface area contributed by atoms with E-state index in [9.17, 15) is 13.2 Å². The van der Waals surface area contributed by atoms with Crippen molar-refractivity contribution in [3.8, 4) is 11.4 Å². The maximum Gasteiger partial charge on any atom is 0.253 e. The molecule has 2 saturated heterocycles. The number of aromatic nitrogens is 2. The number of benzene rings is 2. The molecule has 9 heteroatoms. The number of likely N-dealkylation sites (tertiary alicyclic amines) is 1. The van der Waals surface area contributed by atoms with E-state index >= 15 is 0 Å². The normalized spacial score (nSPS) is 17.8. The SMILES string of the molecule is O=C(c1ccc(S(=O)(=O)N2CCCCC2)cc1)N1CC(c2nc(-c3ccccc3)no2)C1. The Balaban J connectivity index is 1.21. The Morgan fingerprint density at radius 2 is 1.62 bits per heavy atom. The molecule has 2 aliphatic rings. The summed E-state index contributed by atoms with van der Waals surface area (Å²) in [6, 6.07) is 15.8. The number of amides is 1. The zero-order valence-corrected chi connectivity index (χ0v) is 18.4. The van der Waals surface area contributed by atoms with Crippen molar-refractivity contribution < 1.29 is 17.7 Å². The standard InChI is InChI=1S/C23H24N4O4S/c28-23(18-9-11-20(12-10-18)32(29,30)27-13-5-2-6-14-27)26-15-19(16-26)22-24-21(25-31-22)17-7-3-1-4-8-17/h1,3-4,7-12,19H,2,5-6,13-16H2. The number of carbonyl (C=O) groups excluding carboxylic acids is 1. The second kappa shape index (κ2) is 8.48. The van der Waals surface area contributed by atoms with E-state index in [1.54, 1.807) is 17.0 Å². The van der Waals surface area contributed by atoms with Crippen molar-refractivity contribution in [3.63, 3.8) is 0 Å². The van der Waals surface area contributed by atoms with E-state index in [2.05, 4.69) is 10.1 Å². The van der Waals surface area contributed by atoms with Crippen LogP contribution in [-0.2, 0) is 10.0 Å². The summed E-state index contributed by atoms with van der Waals surface area (Å²) in [5, 5.41) is 4.04. The Bertz CT molecular complexity index is 1200. The average molecular weight is 453 g/mol. The van der Waals surface area contributed by atoms with Gasteiger partial charge in [0, 0.05) is 37.3 Å². The minimum atomic E-state index is -3.50. The highest BCUT2D eigenvalue weighted by Gasteiger charge is 2.36. The van der Waals surface area contributed by atoms with E-state index in [4.69, 9.17) is 4.52 Å². The molecule has 0 N–H and O–H groups in total. The summed E-state index contributed by atoms with van der Waals surface area (Å²) < 4.78 is 32.5. The fraction of sp³-hybridized carbons (Fsp3) is 0.348. The van der Waals surface area contributed by atoms with Crippen LogP contribution in [0.15, 0.2) is 64.0 Å². The Hall–Kier alpha value is -3.04. The summed E-state index contributed by atoms with van der Waals surface area (Å²) >= 11 is 0. The summed E-state index contributed by atoms with van der Waals surface area (Å²) in [5.41, 5.74) is 1.35. The van der Waals surface area contributed by atoms with Crippen LogP contribution in [-0.4, -0.2) is 59.8 Å². The molecule has 32 heavy (non-hydrogen) atoms. The largest absolute Gasteiger partial charge is 0.339 e. The smallest absolute Gasteiger partial charge is 0.253 e. The summed E-state index contributed by atoms with van der Waals surface area (Å²) in [5.74, 6) is 0.931. The van der Waals surface area contributed by atoms with Gasteiger partial charge in [-0.15, -0.1) is 0 Å². The lowest BCUT2D eigenvalue weighted by Crippen LogP contribution is -2.48. The Morgan fingerprint density at radius 1 is 0.938 bits per heavy atom. The van der Waals surface area contributed by atoms with Crippen LogP contribution in [0.2, 0.25) is 0 Å². The first kappa shape index (κ1) is 20.8. The van der Waals surface area contributed by atoms with Crippen molar-refractivity contribution in [2.24, 2.45) is 0 Å². The second-order valence-corrected chi connectivity index (χ2v) is 10.2. The molecule has 0 saturated carbocycles. The lowest BCUT2D eigenvalue weighted by Gasteiger charge is -2.37. The first-order chi connectivity index (χ1) is 15.5. The maximum absolute atomic E-state index is 12.8. The van der Waals surface area contributed by atoms with Crippen LogP contribution in [0.25, 0.3) is 11.4 Å². The fourth-order valence-corrected chi connectivity index (χ4v) is 5.63. The molecule has 0 bridgehead atoms. The highest BCUT2D eigenvalue weighted by molar-refractivity contribution is 7.89. The molecule has 2 aliphatic heterocycles. The van der Waals surface area contributed by atoms with Gasteiger partial charge in [-0.1, -0.05) is 41.9 Å². The number of hydrogen-bond donors (Lipinski definition) is 0. The fourth-order valence-electron chi connectivity index (χ4n) is 4.11. The van der Waals surface area contributed by atoms with Crippen LogP contribution in [0, 0.1) is 0 Å². The quantitative estimate of drug-likeness (QED) is 0.590. The van der Waals surface area contributed by atoms with Crippen LogP contribution in [0.4, 0.5) is 0 Å². The van der Waals surface area contributed by atoms with Gasteiger partial charge in [0.15, 0.2) is 0 Å². The molecule has 2 fully saturated rings. The summed E-state index contributed by atoms with van der Waals surface area (Å²) in [7, 11) is -3.50. The third-order valence-corrected chi connectivity index (χ3v) is 7.96. The third kappa shape index (κ3) is 3.93. The second-order valence-electron chi connectivity index (χ2n) is 8.22. The van der Waals surface area contributed by atoms with Gasteiger partial charge >= 0.3 is 0 Å². The van der Waals surface area contributed by atoms with Gasteiger partial charge in [-0.05, 0) is 37.1 Å². The van der Waals surface area contributed by atoms with Gasteiger partial charge in [0.1, 0.15) is 0 Å². The van der Waals surface area contributed by atoms with Crippen molar-refractivity contribution in [1.82, 2.24) is 19.3 Å². The van der Waals surface area contributed by atoms with Crippen molar-refractivity contribution in [1.29, 1.82) is 0 Å². The molecular weight excluding hydrogens is 428 g/mol. The molecule has 1 aromatic heterocycles. The van der Waals surface area contributed by atoms with Gasteiger partial charge < -0.3 is 9.42 Å². The van der Waals surface area contributed by atoms with Crippen molar-refractivity contribution in [2.75, 3.05) is 26.2 Å². The third-order valence-electron chi connectivity index (χ3n) is 6.05. The van der Waals surface area contributed by atoms with E-state index in [1.807, 2.05) is 30.3 Å². The number of rotatable bonds is 5. The monoisotopic (exact) mass is 452 g/mol. The van der Waals surface area contributed by atoms with E-state index in [0.717, 1.165) is 24.8 Å². The van der Waals surface area contributed by atoms with Gasteiger partial charge in [0.25, 0.3) is 5.91 Å². The number of piperidine rings is 1. The molecule has 0 unspecified atom stereocenters. The topological polar surface area (TPSA) is 96.6 Å². The van der Waals surface area contributed by atoms with Gasteiger partial charge in [-0.2, -0.15) is 9.29 Å². The molecule has 5 rings (SSSR count). The van der Waals surface area contributed by atoms with E-state index in [-0.39, 0.29) is 16.7 Å². The zero-order chi connectivity index (χ0) is 22.1.